The van der Waals surface area contributed by atoms with Crippen LogP contribution in [0.25, 0.3) is 0 Å². The van der Waals surface area contributed by atoms with E-state index in [1.54, 1.807) is 0 Å². The normalized spacial score (nSPS) is 20.1. The Balaban J connectivity index is 2.33. The minimum Gasteiger partial charge on any atom is -0.394 e. The van der Waals surface area contributed by atoms with E-state index in [9.17, 15) is 38.2 Å². The van der Waals surface area contributed by atoms with E-state index in [-0.39, 0.29) is 12.5 Å². The third-order valence-electron chi connectivity index (χ3n) is 13.2. The number of amides is 1. The van der Waals surface area contributed by atoms with Gasteiger partial charge in [-0.05, 0) is 12.8 Å². The molecule has 1 fully saturated rings. The molecule has 1 aliphatic heterocycles. The highest BCUT2D eigenvalue weighted by Crippen LogP contribution is 2.26. The molecule has 1 saturated heterocycles. The molecule has 0 aliphatic carbocycles. The summed E-state index contributed by atoms with van der Waals surface area (Å²) in [6.45, 7) is 3.48. The van der Waals surface area contributed by atoms with Crippen LogP contribution in [0.2, 0.25) is 0 Å². The van der Waals surface area contributed by atoms with E-state index in [1.807, 2.05) is 0 Å². The summed E-state index contributed by atoms with van der Waals surface area (Å²) in [6, 6.07) is -0.852. The van der Waals surface area contributed by atoms with Crippen LogP contribution in [-0.2, 0) is 28.9 Å². The number of hydrogen-bond acceptors (Lipinski definition) is 10. The highest BCUT2D eigenvalue weighted by Gasteiger charge is 2.48. The van der Waals surface area contributed by atoms with Gasteiger partial charge in [-0.25, -0.2) is 4.18 Å². The summed E-state index contributed by atoms with van der Waals surface area (Å²) in [7, 11) is -5.07. The molecule has 0 aromatic heterocycles. The fourth-order valence-corrected chi connectivity index (χ4v) is 9.50. The van der Waals surface area contributed by atoms with Crippen molar-refractivity contribution in [1.29, 1.82) is 0 Å². The van der Waals surface area contributed by atoms with Crippen molar-refractivity contribution in [3.05, 3.63) is 0 Å². The van der Waals surface area contributed by atoms with Crippen molar-refractivity contribution in [3.8, 4) is 0 Å². The van der Waals surface area contributed by atoms with Crippen LogP contribution in [0.3, 0.4) is 0 Å². The zero-order chi connectivity index (χ0) is 46.9. The van der Waals surface area contributed by atoms with Gasteiger partial charge in [-0.1, -0.05) is 245 Å². The number of carbonyl (C=O) groups is 1. The first-order valence-corrected chi connectivity index (χ1v) is 28.3. The molecule has 0 aromatic carbocycles. The van der Waals surface area contributed by atoms with E-state index < -0.39 is 59.9 Å². The second-order valence-electron chi connectivity index (χ2n) is 19.2. The minimum atomic E-state index is -5.07. The van der Waals surface area contributed by atoms with Crippen LogP contribution in [0.4, 0.5) is 0 Å². The van der Waals surface area contributed by atoms with Crippen LogP contribution in [0.1, 0.15) is 264 Å². The quantitative estimate of drug-likeness (QED) is 0.0251. The summed E-state index contributed by atoms with van der Waals surface area (Å²) in [5.41, 5.74) is 0. The summed E-state index contributed by atoms with van der Waals surface area (Å²) in [5.74, 6) is -0.224. The Labute approximate surface area is 392 Å². The average molecular weight is 936 g/mol. The zero-order valence-corrected chi connectivity index (χ0v) is 41.9. The maximum atomic E-state index is 13.1. The Morgan fingerprint density at radius 3 is 1.25 bits per heavy atom. The molecule has 0 bridgehead atoms. The number of hydrogen-bond donors (Lipinski definition) is 6. The first-order chi connectivity index (χ1) is 31.0. The molecule has 1 heterocycles. The molecule has 12 nitrogen and oxygen atoms in total. The Morgan fingerprint density at radius 1 is 0.562 bits per heavy atom. The largest absolute Gasteiger partial charge is 0.397 e. The topological polar surface area (TPSA) is 192 Å². The van der Waals surface area contributed by atoms with Crippen LogP contribution in [-0.4, -0.2) is 95.4 Å². The van der Waals surface area contributed by atoms with Gasteiger partial charge in [-0.15, -0.1) is 0 Å². The van der Waals surface area contributed by atoms with Crippen molar-refractivity contribution in [2.24, 2.45) is 0 Å². The van der Waals surface area contributed by atoms with Gasteiger partial charge in [-0.2, -0.15) is 8.42 Å². The lowest BCUT2D eigenvalue weighted by atomic mass is 9.99. The fraction of sp³-hybridized carbons (Fsp3) is 0.980. The number of carbonyl (C=O) groups excluding carboxylic acids is 1. The summed E-state index contributed by atoms with van der Waals surface area (Å²) in [4.78, 5) is 13.1. The van der Waals surface area contributed by atoms with Gasteiger partial charge in [0.15, 0.2) is 6.29 Å². The number of aliphatic hydroxyl groups excluding tert-OH is 4. The van der Waals surface area contributed by atoms with Crippen molar-refractivity contribution in [2.75, 3.05) is 13.2 Å². The van der Waals surface area contributed by atoms with Gasteiger partial charge in [0.05, 0.1) is 25.4 Å². The Morgan fingerprint density at radius 2 is 0.906 bits per heavy atom. The van der Waals surface area contributed by atoms with Gasteiger partial charge in [0, 0.05) is 6.42 Å². The van der Waals surface area contributed by atoms with E-state index in [1.165, 1.54) is 186 Å². The maximum Gasteiger partial charge on any atom is 0.397 e. The second-order valence-corrected chi connectivity index (χ2v) is 20.2. The van der Waals surface area contributed by atoms with E-state index in [4.69, 9.17) is 9.47 Å². The second kappa shape index (κ2) is 42.2. The number of aliphatic hydroxyl groups is 4. The predicted octanol–water partition coefficient (Wildman–Crippen LogP) is 11.7. The smallest absolute Gasteiger partial charge is 0.394 e. The van der Waals surface area contributed by atoms with Crippen molar-refractivity contribution < 1.29 is 51.8 Å². The zero-order valence-electron chi connectivity index (χ0n) is 41.1. The Hall–Kier alpha value is -0.900. The molecule has 0 spiro atoms. The van der Waals surface area contributed by atoms with Gasteiger partial charge < -0.3 is 35.2 Å². The molecule has 0 saturated carbocycles. The maximum absolute atomic E-state index is 13.1. The number of unbranched alkanes of at least 4 members (excludes halogenated alkanes) is 35. The Kier molecular flexibility index (Phi) is 40.3. The Bertz CT molecular complexity index is 1150. The third kappa shape index (κ3) is 34.4. The fourth-order valence-electron chi connectivity index (χ4n) is 8.99. The van der Waals surface area contributed by atoms with Gasteiger partial charge in [0.1, 0.15) is 24.4 Å². The average Bonchev–Trinajstić information content (AvgIpc) is 3.27. The van der Waals surface area contributed by atoms with Crippen LogP contribution >= 0.6 is 0 Å². The summed E-state index contributed by atoms with van der Waals surface area (Å²) < 4.78 is 47.8. The van der Waals surface area contributed by atoms with Gasteiger partial charge in [0.25, 0.3) is 0 Å². The standard InChI is InChI=1S/C51H101NO11S/c1-3-5-7-9-11-13-15-17-18-19-20-21-22-23-24-25-26-27-29-31-33-35-37-39-41-47(55)52-44(45(54)40-38-36-34-32-30-28-16-14-12-10-8-6-4-2)43-61-51-49(57)50(63-64(58,59)60)48(56)46(42-53)62-51/h44-46,48-51,53-54,56-57H,3-43H2,1-2H3,(H,52,55)(H,58,59,60). The summed E-state index contributed by atoms with van der Waals surface area (Å²) in [6.07, 6.45) is 38.3. The molecule has 1 amide bonds. The lowest BCUT2D eigenvalue weighted by Gasteiger charge is -2.41. The molecular formula is C51H101NO11S. The highest BCUT2D eigenvalue weighted by molar-refractivity contribution is 7.80. The van der Waals surface area contributed by atoms with E-state index in [0.29, 0.717) is 12.8 Å². The van der Waals surface area contributed by atoms with Crippen LogP contribution in [0, 0.1) is 0 Å². The van der Waals surface area contributed by atoms with Gasteiger partial charge in [-0.3, -0.25) is 9.35 Å². The molecule has 0 radical (unpaired) electrons. The number of ether oxygens (including phenoxy) is 2. The molecule has 6 N–H and O–H groups in total. The van der Waals surface area contributed by atoms with Crippen molar-refractivity contribution in [2.45, 2.75) is 307 Å². The van der Waals surface area contributed by atoms with Crippen molar-refractivity contribution in [3.63, 3.8) is 0 Å². The molecular weight excluding hydrogens is 835 g/mol. The van der Waals surface area contributed by atoms with E-state index in [2.05, 4.69) is 23.3 Å². The van der Waals surface area contributed by atoms with Crippen LogP contribution in [0.5, 0.6) is 0 Å². The van der Waals surface area contributed by atoms with Crippen molar-refractivity contribution >= 4 is 16.3 Å². The molecule has 7 atom stereocenters. The summed E-state index contributed by atoms with van der Waals surface area (Å²) in [5, 5.41) is 45.0. The summed E-state index contributed by atoms with van der Waals surface area (Å²) >= 11 is 0. The molecule has 7 unspecified atom stereocenters. The first-order valence-electron chi connectivity index (χ1n) is 26.9. The number of nitrogens with one attached hydrogen (secondary N) is 1. The van der Waals surface area contributed by atoms with E-state index >= 15 is 0 Å². The minimum absolute atomic E-state index is 0.224. The monoisotopic (exact) mass is 936 g/mol. The molecule has 64 heavy (non-hydrogen) atoms. The van der Waals surface area contributed by atoms with Gasteiger partial charge >= 0.3 is 10.4 Å². The van der Waals surface area contributed by atoms with E-state index in [0.717, 1.165) is 51.4 Å². The SMILES string of the molecule is CCCCCCCCCCCCCCCCCCCCCCCCCCC(=O)NC(COC1OC(CO)C(O)C(OS(=O)(=O)O)C1O)C(O)CCCCCCCCCCCCCCC. The highest BCUT2D eigenvalue weighted by atomic mass is 32.3. The molecule has 1 rings (SSSR count). The predicted molar refractivity (Wildman–Crippen MR) is 259 cm³/mol. The van der Waals surface area contributed by atoms with Crippen LogP contribution in [0.15, 0.2) is 0 Å². The molecule has 0 aromatic rings. The molecule has 13 heteroatoms. The van der Waals surface area contributed by atoms with Gasteiger partial charge in [0.2, 0.25) is 5.91 Å². The van der Waals surface area contributed by atoms with Crippen LogP contribution < -0.4 is 5.32 Å². The lowest BCUT2D eigenvalue weighted by molar-refractivity contribution is -0.298. The lowest BCUT2D eigenvalue weighted by Crippen LogP contribution is -2.61. The molecule has 382 valence electrons. The third-order valence-corrected chi connectivity index (χ3v) is 13.6. The first kappa shape index (κ1) is 61.1. The number of rotatable bonds is 47. The molecule has 1 aliphatic rings. The van der Waals surface area contributed by atoms with Crippen molar-refractivity contribution in [1.82, 2.24) is 5.32 Å².